The third-order valence-electron chi connectivity index (χ3n) is 5.69. The number of ether oxygens (including phenoxy) is 1. The topological polar surface area (TPSA) is 26.3 Å². The first-order chi connectivity index (χ1) is 13.0. The highest BCUT2D eigenvalue weighted by Gasteiger charge is 2.30. The maximum atomic E-state index is 12.3. The molecule has 0 saturated carbocycles. The van der Waals surface area contributed by atoms with Gasteiger partial charge in [0.1, 0.15) is 5.75 Å². The van der Waals surface area contributed by atoms with E-state index in [9.17, 15) is 4.79 Å². The number of hydrogen-bond donors (Lipinski definition) is 0. The molecular formula is C25H24O2. The molecule has 136 valence electrons. The minimum Gasteiger partial charge on any atom is -0.426 e. The molecule has 1 aliphatic rings. The van der Waals surface area contributed by atoms with E-state index in [1.807, 2.05) is 32.9 Å². The van der Waals surface area contributed by atoms with Crippen molar-refractivity contribution in [1.29, 1.82) is 0 Å². The highest BCUT2D eigenvalue weighted by Crippen LogP contribution is 2.47. The molecule has 0 radical (unpaired) electrons. The molecule has 27 heavy (non-hydrogen) atoms. The van der Waals surface area contributed by atoms with E-state index in [0.717, 1.165) is 6.42 Å². The zero-order valence-corrected chi connectivity index (χ0v) is 16.0. The van der Waals surface area contributed by atoms with Crippen molar-refractivity contribution >= 4 is 5.97 Å². The van der Waals surface area contributed by atoms with Gasteiger partial charge in [0.25, 0.3) is 0 Å². The first kappa shape index (κ1) is 17.5. The number of benzene rings is 3. The number of carbonyl (C=O) groups excluding carboxylic acids is 1. The summed E-state index contributed by atoms with van der Waals surface area (Å²) in [5, 5.41) is 0. The van der Waals surface area contributed by atoms with E-state index in [4.69, 9.17) is 4.74 Å². The van der Waals surface area contributed by atoms with Crippen LogP contribution in [0.1, 0.15) is 49.8 Å². The third kappa shape index (κ3) is 3.06. The Morgan fingerprint density at radius 2 is 1.37 bits per heavy atom. The van der Waals surface area contributed by atoms with Gasteiger partial charge in [-0.2, -0.15) is 0 Å². The van der Waals surface area contributed by atoms with Crippen LogP contribution in [0, 0.1) is 5.41 Å². The Balaban J connectivity index is 1.66. The van der Waals surface area contributed by atoms with E-state index in [-0.39, 0.29) is 11.9 Å². The molecule has 0 heterocycles. The van der Waals surface area contributed by atoms with E-state index in [1.165, 1.54) is 27.8 Å². The van der Waals surface area contributed by atoms with Gasteiger partial charge in [0.15, 0.2) is 0 Å². The van der Waals surface area contributed by atoms with Crippen molar-refractivity contribution in [3.8, 4) is 16.9 Å². The van der Waals surface area contributed by atoms with Crippen LogP contribution in [-0.2, 0) is 4.79 Å². The van der Waals surface area contributed by atoms with Gasteiger partial charge < -0.3 is 4.74 Å². The second kappa shape index (κ2) is 6.70. The lowest BCUT2D eigenvalue weighted by molar-refractivity contribution is -0.144. The van der Waals surface area contributed by atoms with Crippen molar-refractivity contribution in [1.82, 2.24) is 0 Å². The van der Waals surface area contributed by atoms with Crippen molar-refractivity contribution in [2.75, 3.05) is 0 Å². The molecule has 0 aliphatic heterocycles. The average molecular weight is 356 g/mol. The van der Waals surface area contributed by atoms with Gasteiger partial charge in [-0.3, -0.25) is 4.79 Å². The number of fused-ring (bicyclic) bond motifs is 3. The van der Waals surface area contributed by atoms with Crippen LogP contribution in [0.4, 0.5) is 0 Å². The number of carbonyl (C=O) groups is 1. The molecule has 2 heteroatoms. The largest absolute Gasteiger partial charge is 0.426 e. The van der Waals surface area contributed by atoms with Crippen LogP contribution >= 0.6 is 0 Å². The monoisotopic (exact) mass is 356 g/mol. The van der Waals surface area contributed by atoms with E-state index < -0.39 is 5.41 Å². The van der Waals surface area contributed by atoms with Crippen LogP contribution in [0.25, 0.3) is 11.1 Å². The minimum atomic E-state index is -0.470. The zero-order valence-electron chi connectivity index (χ0n) is 16.0. The van der Waals surface area contributed by atoms with Crippen molar-refractivity contribution < 1.29 is 9.53 Å². The summed E-state index contributed by atoms with van der Waals surface area (Å²) >= 11 is 0. The van der Waals surface area contributed by atoms with Gasteiger partial charge in [0, 0.05) is 5.92 Å². The number of hydrogen-bond acceptors (Lipinski definition) is 2. The van der Waals surface area contributed by atoms with Crippen LogP contribution in [0.5, 0.6) is 5.75 Å². The van der Waals surface area contributed by atoms with E-state index >= 15 is 0 Å². The van der Waals surface area contributed by atoms with Crippen LogP contribution in [0.3, 0.4) is 0 Å². The molecule has 0 aromatic heterocycles. The molecule has 2 nitrogen and oxygen atoms in total. The molecule has 0 atom stereocenters. The molecule has 0 spiro atoms. The fraction of sp³-hybridized carbons (Fsp3) is 0.240. The van der Waals surface area contributed by atoms with Gasteiger partial charge in [-0.25, -0.2) is 0 Å². The fourth-order valence-electron chi connectivity index (χ4n) is 3.63. The van der Waals surface area contributed by atoms with Crippen LogP contribution < -0.4 is 4.74 Å². The third-order valence-corrected chi connectivity index (χ3v) is 5.69. The predicted molar refractivity (Wildman–Crippen MR) is 109 cm³/mol. The number of rotatable bonds is 4. The van der Waals surface area contributed by atoms with Crippen LogP contribution in [0.2, 0.25) is 0 Å². The van der Waals surface area contributed by atoms with E-state index in [1.54, 1.807) is 0 Å². The second-order valence-electron chi connectivity index (χ2n) is 7.80. The van der Waals surface area contributed by atoms with Gasteiger partial charge in [-0.05, 0) is 60.2 Å². The molecule has 0 N–H and O–H groups in total. The van der Waals surface area contributed by atoms with Gasteiger partial charge in [-0.15, -0.1) is 0 Å². The Morgan fingerprint density at radius 3 is 1.89 bits per heavy atom. The molecule has 0 saturated heterocycles. The number of esters is 1. The lowest BCUT2D eigenvalue weighted by Crippen LogP contribution is -2.28. The highest BCUT2D eigenvalue weighted by molar-refractivity contribution is 5.81. The predicted octanol–water partition coefficient (Wildman–Crippen LogP) is 6.19. The molecule has 0 unspecified atom stereocenters. The Hall–Kier alpha value is -2.87. The minimum absolute atomic E-state index is 0.186. The summed E-state index contributed by atoms with van der Waals surface area (Å²) in [6.07, 6.45) is 0.750. The summed E-state index contributed by atoms with van der Waals surface area (Å²) in [6, 6.07) is 25.1. The first-order valence-corrected chi connectivity index (χ1v) is 9.52. The molecule has 1 aliphatic carbocycles. The highest BCUT2D eigenvalue weighted by atomic mass is 16.5. The van der Waals surface area contributed by atoms with E-state index in [0.29, 0.717) is 5.75 Å². The summed E-state index contributed by atoms with van der Waals surface area (Å²) < 4.78 is 5.59. The molecule has 4 rings (SSSR count). The summed E-state index contributed by atoms with van der Waals surface area (Å²) in [7, 11) is 0. The summed E-state index contributed by atoms with van der Waals surface area (Å²) in [5.41, 5.74) is 6.01. The SMILES string of the molecule is CCC(C)(C)C(=O)Oc1ccc(C2c3ccccc3-c3ccccc32)cc1. The fourth-order valence-corrected chi connectivity index (χ4v) is 3.63. The zero-order chi connectivity index (χ0) is 19.0. The van der Waals surface area contributed by atoms with Crippen LogP contribution in [-0.4, -0.2) is 5.97 Å². The smallest absolute Gasteiger partial charge is 0.316 e. The van der Waals surface area contributed by atoms with Crippen molar-refractivity contribution in [2.24, 2.45) is 5.41 Å². The Labute approximate surface area is 160 Å². The average Bonchev–Trinajstić information content (AvgIpc) is 3.03. The van der Waals surface area contributed by atoms with Gasteiger partial charge in [-0.1, -0.05) is 67.6 Å². The molecule has 3 aromatic carbocycles. The second-order valence-corrected chi connectivity index (χ2v) is 7.80. The standard InChI is InChI=1S/C25H24O2/c1-4-25(2,3)24(26)27-18-15-13-17(14-16-18)23-21-11-7-5-9-19(21)20-10-6-8-12-22(20)23/h5-16,23H,4H2,1-3H3. The van der Waals surface area contributed by atoms with Gasteiger partial charge >= 0.3 is 5.97 Å². The van der Waals surface area contributed by atoms with E-state index in [2.05, 4.69) is 60.7 Å². The van der Waals surface area contributed by atoms with Gasteiger partial charge in [0.2, 0.25) is 0 Å². The summed E-state index contributed by atoms with van der Waals surface area (Å²) in [4.78, 5) is 12.3. The molecular weight excluding hydrogens is 332 g/mol. The Bertz CT molecular complexity index is 938. The molecule has 3 aromatic rings. The first-order valence-electron chi connectivity index (χ1n) is 9.52. The Morgan fingerprint density at radius 1 is 0.852 bits per heavy atom. The maximum absolute atomic E-state index is 12.3. The van der Waals surface area contributed by atoms with Crippen molar-refractivity contribution in [2.45, 2.75) is 33.1 Å². The van der Waals surface area contributed by atoms with Crippen LogP contribution in [0.15, 0.2) is 72.8 Å². The Kier molecular flexibility index (Phi) is 4.35. The normalized spacial score (nSPS) is 13.1. The molecule has 0 bridgehead atoms. The van der Waals surface area contributed by atoms with Crippen molar-refractivity contribution in [3.63, 3.8) is 0 Å². The lowest BCUT2D eigenvalue weighted by Gasteiger charge is -2.20. The summed E-state index contributed by atoms with van der Waals surface area (Å²) in [6.45, 7) is 5.82. The van der Waals surface area contributed by atoms with Crippen molar-refractivity contribution in [3.05, 3.63) is 89.5 Å². The molecule has 0 amide bonds. The maximum Gasteiger partial charge on any atom is 0.316 e. The molecule has 0 fully saturated rings. The quantitative estimate of drug-likeness (QED) is 0.322. The lowest BCUT2D eigenvalue weighted by atomic mass is 9.89. The summed E-state index contributed by atoms with van der Waals surface area (Å²) in [5.74, 6) is 0.633. The van der Waals surface area contributed by atoms with Gasteiger partial charge in [0.05, 0.1) is 5.41 Å².